The first-order chi connectivity index (χ1) is 2.77. The molecule has 0 aliphatic heterocycles. The van der Waals surface area contributed by atoms with E-state index in [9.17, 15) is 9.18 Å². The van der Waals surface area contributed by atoms with Crippen LogP contribution in [0.4, 0.5) is 4.39 Å². The third-order valence-electron chi connectivity index (χ3n) is 0.223. The zero-order valence-electron chi connectivity index (χ0n) is 3.29. The van der Waals surface area contributed by atoms with E-state index in [1.165, 1.54) is 6.92 Å². The number of rotatable bonds is 0. The summed E-state index contributed by atoms with van der Waals surface area (Å²) < 4.78 is 10.9. The molecule has 0 atom stereocenters. The van der Waals surface area contributed by atoms with E-state index in [-0.39, 0.29) is 0 Å². The van der Waals surface area contributed by atoms with Gasteiger partial charge in [-0.05, 0) is 6.92 Å². The summed E-state index contributed by atoms with van der Waals surface area (Å²) in [5.74, 6) is 3.75. The molecule has 0 unspecified atom stereocenters. The van der Waals surface area contributed by atoms with Crippen LogP contribution in [0.5, 0.6) is 0 Å². The summed E-state index contributed by atoms with van der Waals surface area (Å²) >= 11 is 0. The molecule has 6 heavy (non-hydrogen) atoms. The molecule has 0 aliphatic rings. The SMILES string of the molecule is CC#CC(=O)F. The Bertz CT molecular complexity index is 106. The van der Waals surface area contributed by atoms with Crippen molar-refractivity contribution in [1.82, 2.24) is 0 Å². The molecule has 0 N–H and O–H groups in total. The van der Waals surface area contributed by atoms with Crippen molar-refractivity contribution >= 4 is 6.04 Å². The molecule has 0 bridgehead atoms. The summed E-state index contributed by atoms with van der Waals surface area (Å²) in [6.45, 7) is 1.40. The van der Waals surface area contributed by atoms with Gasteiger partial charge in [0.1, 0.15) is 0 Å². The third-order valence-corrected chi connectivity index (χ3v) is 0.223. The lowest BCUT2D eigenvalue weighted by Crippen LogP contribution is -1.74. The molecule has 0 amide bonds. The molecule has 0 spiro atoms. The molecule has 0 radical (unpaired) electrons. The van der Waals surface area contributed by atoms with Crippen LogP contribution in [0.3, 0.4) is 0 Å². The lowest BCUT2D eigenvalue weighted by atomic mass is 10.6. The van der Waals surface area contributed by atoms with Crippen molar-refractivity contribution in [1.29, 1.82) is 0 Å². The molecule has 0 aliphatic carbocycles. The van der Waals surface area contributed by atoms with Gasteiger partial charge in [-0.3, -0.25) is 0 Å². The van der Waals surface area contributed by atoms with Crippen molar-refractivity contribution < 1.29 is 9.18 Å². The molecule has 0 heterocycles. The van der Waals surface area contributed by atoms with Gasteiger partial charge < -0.3 is 0 Å². The lowest BCUT2D eigenvalue weighted by molar-refractivity contribution is -0.123. The minimum absolute atomic E-state index is 1.40. The highest BCUT2D eigenvalue weighted by molar-refractivity contribution is 5.87. The fraction of sp³-hybridized carbons (Fsp3) is 0.250. The first-order valence-electron chi connectivity index (χ1n) is 1.39. The van der Waals surface area contributed by atoms with Crippen molar-refractivity contribution in [2.24, 2.45) is 0 Å². The molecule has 2 heteroatoms. The van der Waals surface area contributed by atoms with E-state index in [0.29, 0.717) is 0 Å². The molecular weight excluding hydrogens is 83.0 g/mol. The maximum absolute atomic E-state index is 10.9. The van der Waals surface area contributed by atoms with Crippen LogP contribution in [0.25, 0.3) is 0 Å². The maximum atomic E-state index is 10.9. The Morgan fingerprint density at radius 2 is 2.33 bits per heavy atom. The van der Waals surface area contributed by atoms with E-state index in [1.54, 1.807) is 5.92 Å². The Morgan fingerprint density at radius 1 is 1.83 bits per heavy atom. The average Bonchev–Trinajstić information content (AvgIpc) is 1.35. The maximum Gasteiger partial charge on any atom is 0.375 e. The molecule has 0 aromatic heterocycles. The Kier molecular flexibility index (Phi) is 2.06. The van der Waals surface area contributed by atoms with E-state index in [4.69, 9.17) is 0 Å². The number of hydrogen-bond donors (Lipinski definition) is 0. The second-order valence-corrected chi connectivity index (χ2v) is 0.649. The van der Waals surface area contributed by atoms with Gasteiger partial charge in [-0.25, -0.2) is 4.79 Å². The monoisotopic (exact) mass is 86.0 g/mol. The Balaban J connectivity index is 3.50. The molecule has 0 rings (SSSR count). The molecule has 0 saturated heterocycles. The predicted molar refractivity (Wildman–Crippen MR) is 19.6 cm³/mol. The van der Waals surface area contributed by atoms with Gasteiger partial charge in [0.25, 0.3) is 0 Å². The summed E-state index contributed by atoms with van der Waals surface area (Å²) in [6.07, 6.45) is 0. The van der Waals surface area contributed by atoms with Crippen LogP contribution < -0.4 is 0 Å². The normalized spacial score (nSPS) is 5.67. The predicted octanol–water partition coefficient (Wildman–Crippen LogP) is 0.506. The summed E-state index contributed by atoms with van der Waals surface area (Å²) in [5, 5.41) is 0. The van der Waals surface area contributed by atoms with Crippen molar-refractivity contribution in [2.75, 3.05) is 0 Å². The summed E-state index contributed by atoms with van der Waals surface area (Å²) in [5.41, 5.74) is 0. The number of halogens is 1. The van der Waals surface area contributed by atoms with Crippen LogP contribution in [-0.4, -0.2) is 6.04 Å². The van der Waals surface area contributed by atoms with Gasteiger partial charge in [-0.1, -0.05) is 5.92 Å². The highest BCUT2D eigenvalue weighted by atomic mass is 19.1. The first kappa shape index (κ1) is 5.16. The molecule has 0 saturated carbocycles. The highest BCUT2D eigenvalue weighted by Gasteiger charge is 1.79. The van der Waals surface area contributed by atoms with Crippen LogP contribution in [0, 0.1) is 11.8 Å². The summed E-state index contributed by atoms with van der Waals surface area (Å²) in [7, 11) is 0. The van der Waals surface area contributed by atoms with Crippen LogP contribution in [0.15, 0.2) is 0 Å². The lowest BCUT2D eigenvalue weighted by Gasteiger charge is -1.56. The standard InChI is InChI=1S/C4H3FO/c1-2-3-4(5)6/h1H3. The van der Waals surface area contributed by atoms with Crippen LogP contribution in [0.2, 0.25) is 0 Å². The van der Waals surface area contributed by atoms with Crippen molar-refractivity contribution in [3.8, 4) is 11.8 Å². The van der Waals surface area contributed by atoms with Crippen molar-refractivity contribution in [2.45, 2.75) is 6.92 Å². The molecule has 0 fully saturated rings. The van der Waals surface area contributed by atoms with Crippen LogP contribution in [-0.2, 0) is 4.79 Å². The van der Waals surface area contributed by atoms with Gasteiger partial charge in [-0.2, -0.15) is 0 Å². The smallest absolute Gasteiger partial charge is 0.245 e. The number of carbonyl (C=O) groups is 1. The summed E-state index contributed by atoms with van der Waals surface area (Å²) in [6, 6.07) is -1.57. The number of hydrogen-bond acceptors (Lipinski definition) is 1. The Labute approximate surface area is 35.2 Å². The average molecular weight is 86.1 g/mol. The van der Waals surface area contributed by atoms with Gasteiger partial charge in [-0.15, -0.1) is 4.39 Å². The van der Waals surface area contributed by atoms with Crippen molar-refractivity contribution in [3.63, 3.8) is 0 Å². The molecule has 32 valence electrons. The molecular formula is C4H3FO. The van der Waals surface area contributed by atoms with Crippen LogP contribution >= 0.6 is 0 Å². The number of carbonyl (C=O) groups excluding carboxylic acids is 1. The van der Waals surface area contributed by atoms with Crippen LogP contribution in [0.1, 0.15) is 6.92 Å². The molecule has 1 nitrogen and oxygen atoms in total. The Morgan fingerprint density at radius 3 is 2.33 bits per heavy atom. The van der Waals surface area contributed by atoms with Gasteiger partial charge in [0.05, 0.1) is 0 Å². The van der Waals surface area contributed by atoms with E-state index < -0.39 is 6.04 Å². The summed E-state index contributed by atoms with van der Waals surface area (Å²) in [4.78, 5) is 9.20. The minimum atomic E-state index is -1.57. The zero-order valence-corrected chi connectivity index (χ0v) is 3.29. The third kappa shape index (κ3) is 3.16. The molecule has 0 aromatic carbocycles. The first-order valence-corrected chi connectivity index (χ1v) is 1.39. The van der Waals surface area contributed by atoms with E-state index in [1.807, 2.05) is 0 Å². The van der Waals surface area contributed by atoms with Gasteiger partial charge in [0, 0.05) is 5.92 Å². The second-order valence-electron chi connectivity index (χ2n) is 0.649. The zero-order chi connectivity index (χ0) is 4.99. The fourth-order valence-electron chi connectivity index (χ4n) is 0.0983. The minimum Gasteiger partial charge on any atom is -0.245 e. The topological polar surface area (TPSA) is 17.1 Å². The Hall–Kier alpha value is -0.840. The highest BCUT2D eigenvalue weighted by Crippen LogP contribution is 1.63. The second kappa shape index (κ2) is 2.40. The molecule has 0 aromatic rings. The quantitative estimate of drug-likeness (QED) is 0.310. The van der Waals surface area contributed by atoms with E-state index >= 15 is 0 Å². The largest absolute Gasteiger partial charge is 0.375 e. The van der Waals surface area contributed by atoms with Gasteiger partial charge in [0.2, 0.25) is 0 Å². The van der Waals surface area contributed by atoms with Crippen molar-refractivity contribution in [3.05, 3.63) is 0 Å². The van der Waals surface area contributed by atoms with Gasteiger partial charge in [0.15, 0.2) is 0 Å². The fourth-order valence-corrected chi connectivity index (χ4v) is 0.0983. The van der Waals surface area contributed by atoms with E-state index in [0.717, 1.165) is 0 Å². The van der Waals surface area contributed by atoms with E-state index in [2.05, 4.69) is 5.92 Å². The van der Waals surface area contributed by atoms with Gasteiger partial charge >= 0.3 is 6.04 Å².